The molecule has 1 saturated heterocycles. The number of aliphatic carboxylic acids is 1. The van der Waals surface area contributed by atoms with E-state index in [2.05, 4.69) is 11.0 Å². The Balaban J connectivity index is 1.63. The molecule has 0 spiro atoms. The van der Waals surface area contributed by atoms with Crippen LogP contribution in [0.25, 0.3) is 11.1 Å². The van der Waals surface area contributed by atoms with Crippen LogP contribution in [0.3, 0.4) is 0 Å². The summed E-state index contributed by atoms with van der Waals surface area (Å²) in [7, 11) is 4.03. The zero-order chi connectivity index (χ0) is 22.1. The van der Waals surface area contributed by atoms with E-state index in [-0.39, 0.29) is 36.1 Å². The average Bonchev–Trinajstić information content (AvgIpc) is 2.73. The van der Waals surface area contributed by atoms with Crippen molar-refractivity contribution in [2.45, 2.75) is 38.3 Å². The number of nitrogens with zero attached hydrogens (tertiary/aromatic N) is 3. The van der Waals surface area contributed by atoms with Crippen LogP contribution in [0.2, 0.25) is 0 Å². The average molecular weight is 424 g/mol. The number of amides is 1. The maximum Gasteiger partial charge on any atom is 0.303 e. The van der Waals surface area contributed by atoms with Gasteiger partial charge in [-0.1, -0.05) is 24.3 Å². The van der Waals surface area contributed by atoms with Gasteiger partial charge in [-0.2, -0.15) is 0 Å². The van der Waals surface area contributed by atoms with Gasteiger partial charge in [0, 0.05) is 49.8 Å². The molecule has 164 valence electrons. The minimum absolute atomic E-state index is 0.0309. The third-order valence-corrected chi connectivity index (χ3v) is 6.30. The molecule has 0 radical (unpaired) electrons. The van der Waals surface area contributed by atoms with Crippen LogP contribution in [0.15, 0.2) is 41.2 Å². The van der Waals surface area contributed by atoms with Gasteiger partial charge in [0.2, 0.25) is 5.91 Å². The zero-order valence-electron chi connectivity index (χ0n) is 18.1. The molecule has 31 heavy (non-hydrogen) atoms. The first-order chi connectivity index (χ1) is 14.8. The Bertz CT molecular complexity index is 1060. The second-order valence-electron chi connectivity index (χ2n) is 8.97. The standard InChI is InChI=1S/C24H29N3O4/c1-25(2)14-17-5-3-4-6-19(17)20-7-8-21-18-11-16(13-27(21)24(20)31)12-26(15-18)22(28)9-10-23(29)30/h3-8,16,18H,9-15H2,1-2H3,(H,29,30)/t16-,18-/m1/s1. The maximum atomic E-state index is 13.5. The predicted octanol–water partition coefficient (Wildman–Crippen LogP) is 2.39. The van der Waals surface area contributed by atoms with Crippen molar-refractivity contribution in [2.24, 2.45) is 5.92 Å². The lowest BCUT2D eigenvalue weighted by atomic mass is 9.82. The van der Waals surface area contributed by atoms with Crippen LogP contribution in [0.5, 0.6) is 0 Å². The second kappa shape index (κ2) is 8.67. The quantitative estimate of drug-likeness (QED) is 0.771. The zero-order valence-corrected chi connectivity index (χ0v) is 18.1. The van der Waals surface area contributed by atoms with Gasteiger partial charge in [0.25, 0.3) is 5.56 Å². The van der Waals surface area contributed by atoms with E-state index in [1.54, 1.807) is 4.90 Å². The summed E-state index contributed by atoms with van der Waals surface area (Å²) in [6.45, 7) is 2.49. The van der Waals surface area contributed by atoms with Gasteiger partial charge in [0.1, 0.15) is 0 Å². The van der Waals surface area contributed by atoms with Gasteiger partial charge in [-0.15, -0.1) is 0 Å². The third kappa shape index (κ3) is 4.42. The molecule has 2 atom stereocenters. The minimum Gasteiger partial charge on any atom is -0.481 e. The number of carbonyl (C=O) groups is 2. The number of likely N-dealkylation sites (tertiary alicyclic amines) is 1. The Morgan fingerprint density at radius 2 is 1.81 bits per heavy atom. The van der Waals surface area contributed by atoms with E-state index in [9.17, 15) is 14.4 Å². The summed E-state index contributed by atoms with van der Waals surface area (Å²) in [6.07, 6.45) is 0.846. The molecule has 2 bridgehead atoms. The minimum atomic E-state index is -0.954. The molecule has 4 rings (SSSR count). The highest BCUT2D eigenvalue weighted by atomic mass is 16.4. The largest absolute Gasteiger partial charge is 0.481 e. The van der Waals surface area contributed by atoms with Crippen LogP contribution in [-0.2, 0) is 22.7 Å². The molecular weight excluding hydrogens is 394 g/mol. The van der Waals surface area contributed by atoms with Crippen LogP contribution >= 0.6 is 0 Å². The molecule has 1 N–H and O–H groups in total. The highest BCUT2D eigenvalue weighted by Crippen LogP contribution is 2.36. The molecule has 2 aliphatic heterocycles. The summed E-state index contributed by atoms with van der Waals surface area (Å²) in [5.74, 6) is -0.739. The Morgan fingerprint density at radius 1 is 1.03 bits per heavy atom. The lowest BCUT2D eigenvalue weighted by Crippen LogP contribution is -2.49. The Kier molecular flexibility index (Phi) is 5.96. The number of carboxylic acid groups (broad SMARTS) is 1. The molecule has 1 aromatic carbocycles. The first kappa shape index (κ1) is 21.3. The van der Waals surface area contributed by atoms with Gasteiger partial charge in [0.05, 0.1) is 6.42 Å². The van der Waals surface area contributed by atoms with E-state index < -0.39 is 5.97 Å². The van der Waals surface area contributed by atoms with E-state index in [1.165, 1.54) is 0 Å². The number of pyridine rings is 1. The Hall–Kier alpha value is -2.93. The number of rotatable bonds is 6. The normalized spacial score (nSPS) is 19.9. The van der Waals surface area contributed by atoms with Crippen molar-refractivity contribution in [2.75, 3.05) is 27.2 Å². The Morgan fingerprint density at radius 3 is 2.55 bits per heavy atom. The van der Waals surface area contributed by atoms with Crippen molar-refractivity contribution in [1.29, 1.82) is 0 Å². The summed E-state index contributed by atoms with van der Waals surface area (Å²) in [5, 5.41) is 8.86. The monoisotopic (exact) mass is 423 g/mol. The smallest absolute Gasteiger partial charge is 0.303 e. The van der Waals surface area contributed by atoms with Gasteiger partial charge in [-0.25, -0.2) is 0 Å². The maximum absolute atomic E-state index is 13.5. The molecular formula is C24H29N3O4. The number of fused-ring (bicyclic) bond motifs is 4. The molecule has 7 nitrogen and oxygen atoms in total. The predicted molar refractivity (Wildman–Crippen MR) is 118 cm³/mol. The molecule has 0 unspecified atom stereocenters. The van der Waals surface area contributed by atoms with Crippen molar-refractivity contribution >= 4 is 11.9 Å². The second-order valence-corrected chi connectivity index (χ2v) is 8.97. The molecule has 1 aromatic heterocycles. The van der Waals surface area contributed by atoms with E-state index in [0.717, 1.165) is 35.3 Å². The van der Waals surface area contributed by atoms with Crippen LogP contribution in [0.1, 0.15) is 36.4 Å². The van der Waals surface area contributed by atoms with Gasteiger partial charge < -0.3 is 19.5 Å². The fraction of sp³-hybridized carbons (Fsp3) is 0.458. The highest BCUT2D eigenvalue weighted by Gasteiger charge is 2.36. The lowest BCUT2D eigenvalue weighted by Gasteiger charge is -2.43. The van der Waals surface area contributed by atoms with E-state index in [1.807, 2.05) is 49.0 Å². The SMILES string of the molecule is CN(C)Cc1ccccc1-c1ccc2n(c1=O)C[C@@H]1C[C@@H]2CN(C(=O)CCC(=O)O)C1. The number of carbonyl (C=O) groups excluding carboxylic acids is 1. The van der Waals surface area contributed by atoms with Crippen LogP contribution in [0, 0.1) is 5.92 Å². The summed E-state index contributed by atoms with van der Waals surface area (Å²) in [4.78, 5) is 40.6. The van der Waals surface area contributed by atoms with Crippen molar-refractivity contribution in [3.05, 3.63) is 58.0 Å². The van der Waals surface area contributed by atoms with Crippen molar-refractivity contribution in [1.82, 2.24) is 14.4 Å². The molecule has 7 heteroatoms. The van der Waals surface area contributed by atoms with Gasteiger partial charge in [-0.3, -0.25) is 14.4 Å². The molecule has 3 heterocycles. The fourth-order valence-corrected chi connectivity index (χ4v) is 4.99. The van der Waals surface area contributed by atoms with Gasteiger partial charge in [0.15, 0.2) is 0 Å². The Labute approximate surface area is 181 Å². The summed E-state index contributed by atoms with van der Waals surface area (Å²) >= 11 is 0. The third-order valence-electron chi connectivity index (χ3n) is 6.30. The molecule has 2 aromatic rings. The highest BCUT2D eigenvalue weighted by molar-refractivity contribution is 5.81. The van der Waals surface area contributed by atoms with Gasteiger partial charge >= 0.3 is 5.97 Å². The van der Waals surface area contributed by atoms with Crippen molar-refractivity contribution in [3.8, 4) is 11.1 Å². The summed E-state index contributed by atoms with van der Waals surface area (Å²) in [5.41, 5.74) is 3.82. The molecule has 0 aliphatic carbocycles. The number of piperidine rings is 1. The summed E-state index contributed by atoms with van der Waals surface area (Å²) in [6, 6.07) is 12.0. The number of benzene rings is 1. The topological polar surface area (TPSA) is 82.9 Å². The summed E-state index contributed by atoms with van der Waals surface area (Å²) < 4.78 is 1.90. The van der Waals surface area contributed by atoms with Crippen LogP contribution in [0.4, 0.5) is 0 Å². The van der Waals surface area contributed by atoms with E-state index in [4.69, 9.17) is 5.11 Å². The van der Waals surface area contributed by atoms with E-state index in [0.29, 0.717) is 19.6 Å². The van der Waals surface area contributed by atoms with E-state index >= 15 is 0 Å². The van der Waals surface area contributed by atoms with Gasteiger partial charge in [-0.05, 0) is 49.7 Å². The first-order valence-electron chi connectivity index (χ1n) is 10.8. The number of hydrogen-bond donors (Lipinski definition) is 1. The number of hydrogen-bond acceptors (Lipinski definition) is 4. The molecule has 0 saturated carbocycles. The first-order valence-corrected chi connectivity index (χ1v) is 10.8. The lowest BCUT2D eigenvalue weighted by molar-refractivity contribution is -0.141. The van der Waals surface area contributed by atoms with Crippen molar-refractivity contribution in [3.63, 3.8) is 0 Å². The number of aromatic nitrogens is 1. The van der Waals surface area contributed by atoms with Crippen molar-refractivity contribution < 1.29 is 14.7 Å². The number of carboxylic acids is 1. The van der Waals surface area contributed by atoms with Crippen LogP contribution < -0.4 is 5.56 Å². The fourth-order valence-electron chi connectivity index (χ4n) is 4.99. The van der Waals surface area contributed by atoms with Crippen LogP contribution in [-0.4, -0.2) is 58.5 Å². The molecule has 1 amide bonds. The molecule has 1 fully saturated rings. The molecule has 2 aliphatic rings.